The van der Waals surface area contributed by atoms with Crippen LogP contribution in [0.3, 0.4) is 0 Å². The van der Waals surface area contributed by atoms with Gasteiger partial charge in [0, 0.05) is 0 Å². The first kappa shape index (κ1) is 6.50. The average Bonchev–Trinajstić information content (AvgIpc) is 1.59. The van der Waals surface area contributed by atoms with Crippen LogP contribution in [0.2, 0.25) is 0 Å². The maximum Gasteiger partial charge on any atom is 0.236 e. The third-order valence-electron chi connectivity index (χ3n) is 1.05. The van der Waals surface area contributed by atoms with E-state index in [1.54, 1.807) is 0 Å². The molecule has 1 amide bonds. The third-order valence-corrected chi connectivity index (χ3v) is 2.47. The van der Waals surface area contributed by atoms with Gasteiger partial charge in [-0.1, -0.05) is 0 Å². The van der Waals surface area contributed by atoms with Crippen molar-refractivity contribution >= 4 is 15.9 Å². The molecule has 0 aromatic heterocycles. The summed E-state index contributed by atoms with van der Waals surface area (Å²) in [6.07, 6.45) is 0. The Kier molecular flexibility index (Phi) is 1.21. The molecule has 52 valence electrons. The Bertz CT molecular complexity index is 219. The molecule has 0 saturated carbocycles. The van der Waals surface area contributed by atoms with Crippen molar-refractivity contribution in [3.63, 3.8) is 0 Å². The van der Waals surface area contributed by atoms with Gasteiger partial charge in [-0.2, -0.15) is 0 Å². The van der Waals surface area contributed by atoms with Gasteiger partial charge >= 0.3 is 0 Å². The van der Waals surface area contributed by atoms with Gasteiger partial charge in [-0.3, -0.25) is 4.79 Å². The summed E-state index contributed by atoms with van der Waals surface area (Å²) >= 11 is 0. The summed E-state index contributed by atoms with van der Waals surface area (Å²) in [4.78, 5) is 10.2. The van der Waals surface area contributed by atoms with Crippen LogP contribution in [-0.2, 0) is 14.8 Å². The summed E-state index contributed by atoms with van der Waals surface area (Å²) in [6.45, 7) is 0. The number of sulfonamides is 1. The minimum absolute atomic E-state index is 0.164. The molecule has 1 atom stereocenters. The molecule has 9 heavy (non-hydrogen) atoms. The summed E-state index contributed by atoms with van der Waals surface area (Å²) in [5.41, 5.74) is 4.75. The van der Waals surface area contributed by atoms with Crippen LogP contribution in [0.25, 0.3) is 0 Å². The zero-order valence-electron chi connectivity index (χ0n) is 4.49. The molecule has 1 rings (SSSR count). The zero-order chi connectivity index (χ0) is 7.07. The highest BCUT2D eigenvalue weighted by atomic mass is 32.2. The van der Waals surface area contributed by atoms with Gasteiger partial charge in [-0.15, -0.1) is 0 Å². The molecule has 0 aliphatic carbocycles. The molecular formula is C3H6N2O3S. The Morgan fingerprint density at radius 2 is 2.11 bits per heavy atom. The van der Waals surface area contributed by atoms with Gasteiger partial charge in [0.15, 0.2) is 0 Å². The van der Waals surface area contributed by atoms with Crippen LogP contribution in [-0.4, -0.2) is 26.1 Å². The lowest BCUT2D eigenvalue weighted by Crippen LogP contribution is -2.59. The maximum atomic E-state index is 10.3. The van der Waals surface area contributed by atoms with E-state index in [0.29, 0.717) is 0 Å². The Hall–Kier alpha value is -0.620. The van der Waals surface area contributed by atoms with Crippen molar-refractivity contribution in [3.05, 3.63) is 0 Å². The number of hydrogen-bond acceptors (Lipinski definition) is 3. The Balaban J connectivity index is 2.55. The molecule has 0 radical (unpaired) electrons. The third kappa shape index (κ3) is 1.19. The highest BCUT2D eigenvalue weighted by molar-refractivity contribution is 7.91. The highest BCUT2D eigenvalue weighted by Gasteiger charge is 2.36. The molecule has 0 aromatic carbocycles. The lowest BCUT2D eigenvalue weighted by atomic mass is 10.3. The van der Waals surface area contributed by atoms with Crippen LogP contribution < -0.4 is 10.5 Å². The predicted octanol–water partition coefficient (Wildman–Crippen LogP) is -2.23. The SMILES string of the molecule is NC(=O)[C@@H]1CS(=O)(=O)N1. The summed E-state index contributed by atoms with van der Waals surface area (Å²) in [6, 6.07) is -0.671. The van der Waals surface area contributed by atoms with E-state index in [1.807, 2.05) is 4.72 Å². The van der Waals surface area contributed by atoms with Gasteiger partial charge in [0.25, 0.3) is 0 Å². The summed E-state index contributed by atoms with van der Waals surface area (Å²) in [5, 5.41) is 0. The molecule has 1 fully saturated rings. The van der Waals surface area contributed by atoms with Crippen molar-refractivity contribution in [3.8, 4) is 0 Å². The molecule has 1 heterocycles. The van der Waals surface area contributed by atoms with Crippen LogP contribution in [0.15, 0.2) is 0 Å². The van der Waals surface area contributed by atoms with E-state index in [9.17, 15) is 13.2 Å². The number of carbonyl (C=O) groups is 1. The molecule has 0 bridgehead atoms. The maximum absolute atomic E-state index is 10.3. The van der Waals surface area contributed by atoms with Crippen molar-refractivity contribution in [2.75, 3.05) is 5.75 Å². The second-order valence-electron chi connectivity index (χ2n) is 1.85. The van der Waals surface area contributed by atoms with Crippen molar-refractivity contribution in [2.24, 2.45) is 5.73 Å². The van der Waals surface area contributed by atoms with Crippen LogP contribution in [0.5, 0.6) is 0 Å². The molecule has 6 heteroatoms. The first-order valence-corrected chi connectivity index (χ1v) is 3.96. The highest BCUT2D eigenvalue weighted by Crippen LogP contribution is 2.03. The Morgan fingerprint density at radius 1 is 1.67 bits per heavy atom. The average molecular weight is 150 g/mol. The lowest BCUT2D eigenvalue weighted by Gasteiger charge is -2.23. The fraction of sp³-hybridized carbons (Fsp3) is 0.667. The molecule has 3 N–H and O–H groups in total. The van der Waals surface area contributed by atoms with Crippen LogP contribution in [0.4, 0.5) is 0 Å². The molecule has 1 aliphatic rings. The largest absolute Gasteiger partial charge is 0.368 e. The standard InChI is InChI=1S/C3H6N2O3S/c4-3(6)2-1-9(7,8)5-2/h2,5H,1H2,(H2,4,6)/t2-/m0/s1. The lowest BCUT2D eigenvalue weighted by molar-refractivity contribution is -0.119. The number of amides is 1. The molecule has 5 nitrogen and oxygen atoms in total. The second-order valence-corrected chi connectivity index (χ2v) is 3.65. The van der Waals surface area contributed by atoms with Gasteiger partial charge in [-0.25, -0.2) is 13.1 Å². The van der Waals surface area contributed by atoms with Gasteiger partial charge in [0.2, 0.25) is 15.9 Å². The molecule has 0 aromatic rings. The van der Waals surface area contributed by atoms with E-state index in [4.69, 9.17) is 5.73 Å². The topological polar surface area (TPSA) is 89.3 Å². The van der Waals surface area contributed by atoms with E-state index < -0.39 is 22.0 Å². The fourth-order valence-electron chi connectivity index (χ4n) is 0.559. The first-order valence-electron chi connectivity index (χ1n) is 2.30. The summed E-state index contributed by atoms with van der Waals surface area (Å²) < 4.78 is 22.6. The number of nitrogens with two attached hydrogens (primary N) is 1. The second kappa shape index (κ2) is 1.68. The minimum Gasteiger partial charge on any atom is -0.368 e. The molecular weight excluding hydrogens is 144 g/mol. The molecule has 0 spiro atoms. The number of carbonyl (C=O) groups excluding carboxylic acids is 1. The minimum atomic E-state index is -3.13. The van der Waals surface area contributed by atoms with Gasteiger partial charge in [0.1, 0.15) is 6.04 Å². The van der Waals surface area contributed by atoms with E-state index in [2.05, 4.69) is 0 Å². The molecule has 0 unspecified atom stereocenters. The van der Waals surface area contributed by atoms with Crippen molar-refractivity contribution in [2.45, 2.75) is 6.04 Å². The van der Waals surface area contributed by atoms with E-state index in [-0.39, 0.29) is 5.75 Å². The number of nitrogens with one attached hydrogen (secondary N) is 1. The quantitative estimate of drug-likeness (QED) is 0.443. The van der Waals surface area contributed by atoms with Crippen molar-refractivity contribution in [1.82, 2.24) is 4.72 Å². The molecule has 1 saturated heterocycles. The monoisotopic (exact) mass is 150 g/mol. The summed E-state index contributed by atoms with van der Waals surface area (Å²) in [7, 11) is -3.13. The van der Waals surface area contributed by atoms with E-state index in [1.165, 1.54) is 0 Å². The normalized spacial score (nSPS) is 30.9. The first-order chi connectivity index (χ1) is 4.01. The Labute approximate surface area is 52.3 Å². The van der Waals surface area contributed by atoms with Crippen molar-refractivity contribution < 1.29 is 13.2 Å². The van der Waals surface area contributed by atoms with Crippen LogP contribution in [0.1, 0.15) is 0 Å². The van der Waals surface area contributed by atoms with Gasteiger partial charge < -0.3 is 5.73 Å². The van der Waals surface area contributed by atoms with Crippen LogP contribution in [0, 0.1) is 0 Å². The van der Waals surface area contributed by atoms with Crippen molar-refractivity contribution in [1.29, 1.82) is 0 Å². The zero-order valence-corrected chi connectivity index (χ0v) is 5.31. The predicted molar refractivity (Wildman–Crippen MR) is 29.9 cm³/mol. The van der Waals surface area contributed by atoms with Crippen LogP contribution >= 0.6 is 0 Å². The number of primary amides is 1. The smallest absolute Gasteiger partial charge is 0.236 e. The summed E-state index contributed by atoms with van der Waals surface area (Å²) in [5.74, 6) is -0.785. The number of hydrogen-bond donors (Lipinski definition) is 2. The molecule has 1 aliphatic heterocycles. The number of rotatable bonds is 1. The van der Waals surface area contributed by atoms with Gasteiger partial charge in [-0.05, 0) is 0 Å². The van der Waals surface area contributed by atoms with E-state index >= 15 is 0 Å². The van der Waals surface area contributed by atoms with E-state index in [0.717, 1.165) is 0 Å². The van der Waals surface area contributed by atoms with Gasteiger partial charge in [0.05, 0.1) is 5.75 Å². The fourth-order valence-corrected chi connectivity index (χ4v) is 1.68. The Morgan fingerprint density at radius 3 is 2.22 bits per heavy atom.